The molecule has 0 saturated heterocycles. The van der Waals surface area contributed by atoms with Crippen LogP contribution in [0.5, 0.6) is 0 Å². The summed E-state index contributed by atoms with van der Waals surface area (Å²) >= 11 is 11.7. The third-order valence-corrected chi connectivity index (χ3v) is 2.68. The number of halogens is 2. The minimum atomic E-state index is 0.163. The fourth-order valence-corrected chi connectivity index (χ4v) is 1.63. The van der Waals surface area contributed by atoms with Crippen molar-refractivity contribution in [3.63, 3.8) is 0 Å². The first-order valence-corrected chi connectivity index (χ1v) is 5.57. The summed E-state index contributed by atoms with van der Waals surface area (Å²) in [4.78, 5) is 4.12. The Morgan fingerprint density at radius 1 is 1.47 bits per heavy atom. The van der Waals surface area contributed by atoms with E-state index in [0.717, 1.165) is 0 Å². The highest BCUT2D eigenvalue weighted by Gasteiger charge is 2.13. The first-order valence-electron chi connectivity index (χ1n) is 4.82. The number of nitrogens with two attached hydrogens (primary N) is 1. The molecule has 1 heterocycles. The number of rotatable bonds is 4. The van der Waals surface area contributed by atoms with Gasteiger partial charge < -0.3 is 11.1 Å². The molecule has 0 fully saturated rings. The molecule has 1 aromatic heterocycles. The van der Waals surface area contributed by atoms with Crippen LogP contribution in [0, 0.1) is 5.92 Å². The first-order chi connectivity index (χ1) is 7.04. The van der Waals surface area contributed by atoms with E-state index in [0.29, 0.717) is 28.3 Å². The normalized spacial score (nSPS) is 12.9. The summed E-state index contributed by atoms with van der Waals surface area (Å²) in [6.45, 7) is 4.72. The third kappa shape index (κ3) is 3.52. The summed E-state index contributed by atoms with van der Waals surface area (Å²) in [7, 11) is 0. The van der Waals surface area contributed by atoms with Crippen LogP contribution >= 0.6 is 23.2 Å². The van der Waals surface area contributed by atoms with Gasteiger partial charge in [-0.15, -0.1) is 0 Å². The minimum absolute atomic E-state index is 0.163. The lowest BCUT2D eigenvalue weighted by atomic mass is 10.1. The zero-order valence-electron chi connectivity index (χ0n) is 8.80. The molecule has 0 saturated carbocycles. The molecule has 0 bridgehead atoms. The van der Waals surface area contributed by atoms with Crippen LogP contribution in [-0.2, 0) is 0 Å². The number of nitrogens with zero attached hydrogens (tertiary/aromatic N) is 1. The van der Waals surface area contributed by atoms with E-state index in [9.17, 15) is 0 Å². The van der Waals surface area contributed by atoms with Gasteiger partial charge in [0, 0.05) is 18.8 Å². The molecule has 0 amide bonds. The summed E-state index contributed by atoms with van der Waals surface area (Å²) in [6, 6.07) is 1.82. The van der Waals surface area contributed by atoms with Gasteiger partial charge in [0.1, 0.15) is 5.82 Å². The van der Waals surface area contributed by atoms with Crippen molar-refractivity contribution in [2.24, 2.45) is 11.7 Å². The lowest BCUT2D eigenvalue weighted by molar-refractivity contribution is 0.530. The fourth-order valence-electron chi connectivity index (χ4n) is 1.19. The van der Waals surface area contributed by atoms with Gasteiger partial charge in [-0.1, -0.05) is 37.0 Å². The Bertz CT molecular complexity index is 328. The fraction of sp³-hybridized carbons (Fsp3) is 0.500. The summed E-state index contributed by atoms with van der Waals surface area (Å²) in [6.07, 6.45) is 1.56. The van der Waals surface area contributed by atoms with Crippen LogP contribution < -0.4 is 11.1 Å². The second-order valence-electron chi connectivity index (χ2n) is 3.71. The van der Waals surface area contributed by atoms with Crippen molar-refractivity contribution in [3.8, 4) is 0 Å². The molecule has 0 aliphatic heterocycles. The van der Waals surface area contributed by atoms with Crippen LogP contribution in [0.3, 0.4) is 0 Å². The Hall–Kier alpha value is -0.510. The molecule has 0 spiro atoms. The molecule has 0 radical (unpaired) electrons. The van der Waals surface area contributed by atoms with Gasteiger partial charge in [0.25, 0.3) is 0 Å². The Morgan fingerprint density at radius 2 is 2.13 bits per heavy atom. The maximum Gasteiger partial charge on any atom is 0.145 e. The van der Waals surface area contributed by atoms with Crippen LogP contribution in [0.1, 0.15) is 13.8 Å². The Kier molecular flexibility index (Phi) is 4.64. The van der Waals surface area contributed by atoms with Gasteiger partial charge in [-0.3, -0.25) is 0 Å². The highest BCUT2D eigenvalue weighted by molar-refractivity contribution is 6.35. The predicted molar refractivity (Wildman–Crippen MR) is 65.6 cm³/mol. The van der Waals surface area contributed by atoms with Crippen molar-refractivity contribution >= 4 is 29.0 Å². The monoisotopic (exact) mass is 247 g/mol. The van der Waals surface area contributed by atoms with Gasteiger partial charge >= 0.3 is 0 Å². The third-order valence-electron chi connectivity index (χ3n) is 2.19. The van der Waals surface area contributed by atoms with Gasteiger partial charge in [-0.25, -0.2) is 4.98 Å². The summed E-state index contributed by atoms with van der Waals surface area (Å²) in [5, 5.41) is 4.24. The van der Waals surface area contributed by atoms with Crippen molar-refractivity contribution in [1.82, 2.24) is 4.98 Å². The number of hydrogen-bond acceptors (Lipinski definition) is 3. The van der Waals surface area contributed by atoms with Crippen LogP contribution in [0.25, 0.3) is 0 Å². The van der Waals surface area contributed by atoms with Crippen LogP contribution in [0.4, 0.5) is 5.82 Å². The smallest absolute Gasteiger partial charge is 0.145 e. The highest BCUT2D eigenvalue weighted by atomic mass is 35.5. The van der Waals surface area contributed by atoms with Crippen molar-refractivity contribution in [3.05, 3.63) is 22.3 Å². The number of pyridine rings is 1. The highest BCUT2D eigenvalue weighted by Crippen LogP contribution is 2.23. The first kappa shape index (κ1) is 12.6. The zero-order chi connectivity index (χ0) is 11.4. The van der Waals surface area contributed by atoms with Gasteiger partial charge in [0.2, 0.25) is 0 Å². The molecule has 0 aromatic carbocycles. The molecule has 3 nitrogen and oxygen atoms in total. The van der Waals surface area contributed by atoms with Crippen molar-refractivity contribution < 1.29 is 0 Å². The topological polar surface area (TPSA) is 50.9 Å². The zero-order valence-corrected chi connectivity index (χ0v) is 10.3. The van der Waals surface area contributed by atoms with Gasteiger partial charge in [-0.2, -0.15) is 0 Å². The minimum Gasteiger partial charge on any atom is -0.365 e. The molecule has 1 aromatic rings. The SMILES string of the molecule is CC(C)C(CN)Nc1ncc(Cl)cc1Cl. The molecule has 0 aliphatic carbocycles. The molecule has 5 heteroatoms. The quantitative estimate of drug-likeness (QED) is 0.861. The summed E-state index contributed by atoms with van der Waals surface area (Å²) < 4.78 is 0. The molecule has 1 atom stereocenters. The molecule has 1 unspecified atom stereocenters. The summed E-state index contributed by atoms with van der Waals surface area (Å²) in [5.41, 5.74) is 5.64. The largest absolute Gasteiger partial charge is 0.365 e. The number of aromatic nitrogens is 1. The van der Waals surface area contributed by atoms with Crippen LogP contribution in [-0.4, -0.2) is 17.6 Å². The van der Waals surface area contributed by atoms with E-state index in [-0.39, 0.29) is 6.04 Å². The second-order valence-corrected chi connectivity index (χ2v) is 4.56. The van der Waals surface area contributed by atoms with E-state index in [1.807, 2.05) is 0 Å². The number of hydrogen-bond donors (Lipinski definition) is 2. The van der Waals surface area contributed by atoms with E-state index in [4.69, 9.17) is 28.9 Å². The van der Waals surface area contributed by atoms with E-state index in [2.05, 4.69) is 24.1 Å². The van der Waals surface area contributed by atoms with Crippen molar-refractivity contribution in [2.45, 2.75) is 19.9 Å². The lowest BCUT2D eigenvalue weighted by Gasteiger charge is -2.21. The molecular weight excluding hydrogens is 233 g/mol. The Morgan fingerprint density at radius 3 is 2.60 bits per heavy atom. The number of nitrogens with one attached hydrogen (secondary N) is 1. The lowest BCUT2D eigenvalue weighted by Crippen LogP contribution is -2.34. The maximum atomic E-state index is 5.98. The molecule has 15 heavy (non-hydrogen) atoms. The van der Waals surface area contributed by atoms with Crippen LogP contribution in [0.2, 0.25) is 10.0 Å². The summed E-state index contributed by atoms with van der Waals surface area (Å²) in [5.74, 6) is 1.05. The van der Waals surface area contributed by atoms with Crippen LogP contribution in [0.15, 0.2) is 12.3 Å². The molecule has 1 rings (SSSR count). The van der Waals surface area contributed by atoms with Crippen molar-refractivity contribution in [2.75, 3.05) is 11.9 Å². The Balaban J connectivity index is 2.79. The van der Waals surface area contributed by atoms with Crippen molar-refractivity contribution in [1.29, 1.82) is 0 Å². The van der Waals surface area contributed by atoms with E-state index >= 15 is 0 Å². The maximum absolute atomic E-state index is 5.98. The molecule has 3 N–H and O–H groups in total. The van der Waals surface area contributed by atoms with Gasteiger partial charge in [0.15, 0.2) is 0 Å². The molecule has 84 valence electrons. The van der Waals surface area contributed by atoms with E-state index in [1.165, 1.54) is 0 Å². The van der Waals surface area contributed by atoms with Gasteiger partial charge in [-0.05, 0) is 12.0 Å². The molecule has 0 aliphatic rings. The molecular formula is C10H15Cl2N3. The second kappa shape index (κ2) is 5.54. The Labute approximate surface area is 100.0 Å². The van der Waals surface area contributed by atoms with E-state index in [1.54, 1.807) is 12.3 Å². The standard InChI is InChI=1S/C10H15Cl2N3/c1-6(2)9(4-13)15-10-8(12)3-7(11)5-14-10/h3,5-6,9H,4,13H2,1-2H3,(H,14,15). The predicted octanol–water partition coefficient (Wildman–Crippen LogP) is 2.78. The van der Waals surface area contributed by atoms with Gasteiger partial charge in [0.05, 0.1) is 10.0 Å². The average molecular weight is 248 g/mol. The average Bonchev–Trinajstić information content (AvgIpc) is 2.16. The number of anilines is 1. The van der Waals surface area contributed by atoms with E-state index < -0.39 is 0 Å².